The van der Waals surface area contributed by atoms with Gasteiger partial charge in [-0.25, -0.2) is 4.98 Å². The summed E-state index contributed by atoms with van der Waals surface area (Å²) in [5, 5.41) is 6.12. The zero-order valence-corrected chi connectivity index (χ0v) is 20.1. The minimum absolute atomic E-state index is 0.0941. The molecule has 0 bridgehead atoms. The first-order chi connectivity index (χ1) is 15.5. The highest BCUT2D eigenvalue weighted by atomic mass is 35.5. The average molecular weight is 484 g/mol. The highest BCUT2D eigenvalue weighted by Crippen LogP contribution is 2.28. The standard InChI is InChI=1S/C24H22ClN3O2S2/c1-15-19(25)9-5-11-21(15)28-23(30)18-8-3-4-10-20(18)27-24(28)32-16(2)22(29)26-13-12-17-7-6-14-31-17/h3-11,14,16H,12-13H2,1-2H3,(H,26,29). The third kappa shape index (κ3) is 4.75. The number of carbonyl (C=O) groups excluding carboxylic acids is 1. The highest BCUT2D eigenvalue weighted by Gasteiger charge is 2.21. The summed E-state index contributed by atoms with van der Waals surface area (Å²) < 4.78 is 1.56. The number of nitrogens with one attached hydrogen (secondary N) is 1. The molecule has 4 rings (SSSR count). The van der Waals surface area contributed by atoms with Crippen molar-refractivity contribution in [1.29, 1.82) is 0 Å². The quantitative estimate of drug-likeness (QED) is 0.288. The Morgan fingerprint density at radius 3 is 2.78 bits per heavy atom. The van der Waals surface area contributed by atoms with Gasteiger partial charge in [-0.2, -0.15) is 0 Å². The zero-order valence-electron chi connectivity index (χ0n) is 17.7. The molecule has 1 unspecified atom stereocenters. The molecule has 0 radical (unpaired) electrons. The summed E-state index contributed by atoms with van der Waals surface area (Å²) in [6.45, 7) is 4.26. The second-order valence-corrected chi connectivity index (χ2v) is 10.1. The van der Waals surface area contributed by atoms with Crippen LogP contribution in [-0.2, 0) is 11.2 Å². The molecule has 0 aliphatic heterocycles. The predicted octanol–water partition coefficient (Wildman–Crippen LogP) is 5.25. The molecule has 0 fully saturated rings. The van der Waals surface area contributed by atoms with Gasteiger partial charge in [-0.3, -0.25) is 14.2 Å². The minimum atomic E-state index is -0.433. The first-order valence-corrected chi connectivity index (χ1v) is 12.3. The van der Waals surface area contributed by atoms with Crippen molar-refractivity contribution in [2.24, 2.45) is 0 Å². The maximum absolute atomic E-state index is 13.4. The van der Waals surface area contributed by atoms with Gasteiger partial charge < -0.3 is 5.32 Å². The van der Waals surface area contributed by atoms with Crippen LogP contribution in [-0.4, -0.2) is 27.3 Å². The van der Waals surface area contributed by atoms with Crippen LogP contribution in [0, 0.1) is 6.92 Å². The lowest BCUT2D eigenvalue weighted by atomic mass is 10.2. The van der Waals surface area contributed by atoms with Crippen LogP contribution >= 0.6 is 34.7 Å². The fourth-order valence-electron chi connectivity index (χ4n) is 3.36. The van der Waals surface area contributed by atoms with E-state index in [9.17, 15) is 9.59 Å². The van der Waals surface area contributed by atoms with Crippen LogP contribution in [0.3, 0.4) is 0 Å². The van der Waals surface area contributed by atoms with E-state index in [0.29, 0.717) is 33.3 Å². The number of hydrogen-bond acceptors (Lipinski definition) is 5. The number of fused-ring (bicyclic) bond motifs is 1. The van der Waals surface area contributed by atoms with Crippen molar-refractivity contribution < 1.29 is 4.79 Å². The van der Waals surface area contributed by atoms with Crippen molar-refractivity contribution in [2.75, 3.05) is 6.54 Å². The van der Waals surface area contributed by atoms with E-state index >= 15 is 0 Å². The molecule has 1 amide bonds. The summed E-state index contributed by atoms with van der Waals surface area (Å²) >= 11 is 9.28. The zero-order chi connectivity index (χ0) is 22.7. The molecule has 164 valence electrons. The number of thioether (sulfide) groups is 1. The van der Waals surface area contributed by atoms with Crippen molar-refractivity contribution in [2.45, 2.75) is 30.7 Å². The molecule has 8 heteroatoms. The number of halogens is 1. The molecular weight excluding hydrogens is 462 g/mol. The number of thiophene rings is 1. The Balaban J connectivity index is 1.65. The van der Waals surface area contributed by atoms with Crippen LogP contribution in [0.15, 0.2) is 69.9 Å². The molecule has 5 nitrogen and oxygen atoms in total. The number of nitrogens with zero attached hydrogens (tertiary/aromatic N) is 2. The fourth-order valence-corrected chi connectivity index (χ4v) is 5.18. The van der Waals surface area contributed by atoms with Gasteiger partial charge in [-0.05, 0) is 61.5 Å². The first kappa shape index (κ1) is 22.6. The van der Waals surface area contributed by atoms with Crippen molar-refractivity contribution in [3.05, 3.63) is 85.8 Å². The molecule has 2 aromatic heterocycles. The van der Waals surface area contributed by atoms with Crippen LogP contribution in [0.25, 0.3) is 16.6 Å². The summed E-state index contributed by atoms with van der Waals surface area (Å²) in [5.74, 6) is -0.0941. The lowest BCUT2D eigenvalue weighted by Gasteiger charge is -2.18. The number of benzene rings is 2. The summed E-state index contributed by atoms with van der Waals surface area (Å²) in [7, 11) is 0. The molecule has 1 atom stereocenters. The van der Waals surface area contributed by atoms with E-state index in [-0.39, 0.29) is 11.5 Å². The molecule has 2 aromatic carbocycles. The van der Waals surface area contributed by atoms with Gasteiger partial charge in [0, 0.05) is 16.4 Å². The Bertz CT molecular complexity index is 1320. The summed E-state index contributed by atoms with van der Waals surface area (Å²) in [6.07, 6.45) is 0.793. The van der Waals surface area contributed by atoms with Gasteiger partial charge in [0.15, 0.2) is 5.16 Å². The van der Waals surface area contributed by atoms with Crippen molar-refractivity contribution in [3.8, 4) is 5.69 Å². The van der Waals surface area contributed by atoms with Gasteiger partial charge in [0.1, 0.15) is 0 Å². The summed E-state index contributed by atoms with van der Waals surface area (Å²) in [5.41, 5.74) is 1.85. The SMILES string of the molecule is Cc1c(Cl)cccc1-n1c(SC(C)C(=O)NCCc2cccs2)nc2ccccc2c1=O. The third-order valence-corrected chi connectivity index (χ3v) is 7.53. The normalized spacial score (nSPS) is 12.1. The molecule has 0 saturated carbocycles. The van der Waals surface area contributed by atoms with E-state index in [0.717, 1.165) is 12.0 Å². The number of para-hydroxylation sites is 1. The number of carbonyl (C=O) groups is 1. The van der Waals surface area contributed by atoms with Gasteiger partial charge in [0.05, 0.1) is 21.8 Å². The summed E-state index contributed by atoms with van der Waals surface area (Å²) in [6, 6.07) is 16.7. The summed E-state index contributed by atoms with van der Waals surface area (Å²) in [4.78, 5) is 32.1. The van der Waals surface area contributed by atoms with E-state index < -0.39 is 5.25 Å². The average Bonchev–Trinajstić information content (AvgIpc) is 3.30. The van der Waals surface area contributed by atoms with E-state index in [1.807, 2.05) is 55.6 Å². The smallest absolute Gasteiger partial charge is 0.266 e. The predicted molar refractivity (Wildman–Crippen MR) is 133 cm³/mol. The first-order valence-electron chi connectivity index (χ1n) is 10.2. The number of amides is 1. The molecule has 2 heterocycles. The second kappa shape index (κ2) is 9.90. The van der Waals surface area contributed by atoms with E-state index in [1.54, 1.807) is 28.0 Å². The Hall–Kier alpha value is -2.61. The lowest BCUT2D eigenvalue weighted by molar-refractivity contribution is -0.120. The van der Waals surface area contributed by atoms with Crippen LogP contribution in [0.5, 0.6) is 0 Å². The fraction of sp³-hybridized carbons (Fsp3) is 0.208. The molecule has 0 spiro atoms. The van der Waals surface area contributed by atoms with E-state index in [1.165, 1.54) is 16.6 Å². The number of hydrogen-bond donors (Lipinski definition) is 1. The lowest BCUT2D eigenvalue weighted by Crippen LogP contribution is -2.33. The van der Waals surface area contributed by atoms with E-state index in [2.05, 4.69) is 11.4 Å². The molecule has 1 N–H and O–H groups in total. The van der Waals surface area contributed by atoms with Crippen molar-refractivity contribution in [3.63, 3.8) is 0 Å². The molecule has 0 aliphatic rings. The van der Waals surface area contributed by atoms with Gasteiger partial charge in [0.2, 0.25) is 5.91 Å². The van der Waals surface area contributed by atoms with Gasteiger partial charge in [-0.15, -0.1) is 11.3 Å². The van der Waals surface area contributed by atoms with Crippen LogP contribution < -0.4 is 10.9 Å². The van der Waals surface area contributed by atoms with Gasteiger partial charge in [0.25, 0.3) is 5.56 Å². The third-order valence-electron chi connectivity index (χ3n) is 5.13. The minimum Gasteiger partial charge on any atom is -0.355 e. The Morgan fingerprint density at radius 1 is 1.19 bits per heavy atom. The van der Waals surface area contributed by atoms with E-state index in [4.69, 9.17) is 16.6 Å². The van der Waals surface area contributed by atoms with Crippen LogP contribution in [0.1, 0.15) is 17.4 Å². The maximum atomic E-state index is 13.4. The Labute approximate surface area is 199 Å². The van der Waals surface area contributed by atoms with Crippen molar-refractivity contribution in [1.82, 2.24) is 14.9 Å². The van der Waals surface area contributed by atoms with Gasteiger partial charge >= 0.3 is 0 Å². The largest absolute Gasteiger partial charge is 0.355 e. The van der Waals surface area contributed by atoms with Crippen LogP contribution in [0.2, 0.25) is 5.02 Å². The Morgan fingerprint density at radius 2 is 2.00 bits per heavy atom. The second-order valence-electron chi connectivity index (χ2n) is 7.32. The number of aromatic nitrogens is 2. The van der Waals surface area contributed by atoms with Crippen molar-refractivity contribution >= 4 is 51.5 Å². The maximum Gasteiger partial charge on any atom is 0.266 e. The Kier molecular flexibility index (Phi) is 6.98. The topological polar surface area (TPSA) is 64.0 Å². The molecule has 4 aromatic rings. The molecular formula is C24H22ClN3O2S2. The molecule has 0 saturated heterocycles. The highest BCUT2D eigenvalue weighted by molar-refractivity contribution is 8.00. The molecule has 32 heavy (non-hydrogen) atoms. The molecule has 0 aliphatic carbocycles. The van der Waals surface area contributed by atoms with Gasteiger partial charge in [-0.1, -0.05) is 47.6 Å². The monoisotopic (exact) mass is 483 g/mol. The van der Waals surface area contributed by atoms with Crippen LogP contribution in [0.4, 0.5) is 0 Å². The number of rotatable bonds is 7.